The zero-order chi connectivity index (χ0) is 12.6. The highest BCUT2D eigenvalue weighted by Crippen LogP contribution is 2.33. The lowest BCUT2D eigenvalue weighted by Gasteiger charge is -2.11. The third kappa shape index (κ3) is 2.39. The fourth-order valence-corrected chi connectivity index (χ4v) is 1.89. The van der Waals surface area contributed by atoms with Crippen molar-refractivity contribution >= 4 is 16.3 Å². The number of carbonyl (C=O) groups excluding carboxylic acids is 1. The van der Waals surface area contributed by atoms with E-state index >= 15 is 0 Å². The molecule has 0 amide bonds. The second kappa shape index (κ2) is 3.87. The maximum Gasteiger partial charge on any atom is 0.417 e. The van der Waals surface area contributed by atoms with Crippen molar-refractivity contribution in [3.63, 3.8) is 0 Å². The van der Waals surface area contributed by atoms with E-state index in [1.54, 1.807) is 0 Å². The molecule has 0 aliphatic rings. The van der Waals surface area contributed by atoms with E-state index in [-0.39, 0.29) is 6.29 Å². The summed E-state index contributed by atoms with van der Waals surface area (Å²) in [4.78, 5) is 9.69. The van der Waals surface area contributed by atoms with Crippen LogP contribution in [-0.2, 0) is 16.2 Å². The molecular formula is C8H6F3NO3S. The molecule has 0 aromatic heterocycles. The van der Waals surface area contributed by atoms with Crippen LogP contribution in [0.15, 0.2) is 23.1 Å². The molecule has 0 aliphatic heterocycles. The third-order valence-corrected chi connectivity index (χ3v) is 2.76. The zero-order valence-corrected chi connectivity index (χ0v) is 8.47. The molecule has 1 aromatic rings. The Kier molecular flexibility index (Phi) is 3.06. The summed E-state index contributed by atoms with van der Waals surface area (Å²) < 4.78 is 59.1. The van der Waals surface area contributed by atoms with Crippen LogP contribution in [0.4, 0.5) is 13.2 Å². The minimum atomic E-state index is -4.81. The standard InChI is InChI=1S/C8H6F3NO3S/c9-8(10,11)6-2-1-3-7(5(6)4-13)16(12,14)15/h1-4H,(H2,12,14,15). The number of sulfonamides is 1. The fraction of sp³-hybridized carbons (Fsp3) is 0.125. The second-order valence-electron chi connectivity index (χ2n) is 2.88. The van der Waals surface area contributed by atoms with Crippen molar-refractivity contribution in [3.05, 3.63) is 29.3 Å². The molecule has 8 heteroatoms. The van der Waals surface area contributed by atoms with E-state index < -0.39 is 32.2 Å². The van der Waals surface area contributed by atoms with Gasteiger partial charge in [-0.15, -0.1) is 0 Å². The van der Waals surface area contributed by atoms with Gasteiger partial charge in [0.2, 0.25) is 10.0 Å². The van der Waals surface area contributed by atoms with Gasteiger partial charge in [-0.05, 0) is 12.1 Å². The molecular weight excluding hydrogens is 247 g/mol. The number of hydrogen-bond acceptors (Lipinski definition) is 3. The van der Waals surface area contributed by atoms with Gasteiger partial charge in [0, 0.05) is 5.56 Å². The predicted octanol–water partition coefficient (Wildman–Crippen LogP) is 1.17. The smallest absolute Gasteiger partial charge is 0.298 e. The Balaban J connectivity index is 3.64. The summed E-state index contributed by atoms with van der Waals surface area (Å²) in [7, 11) is -4.36. The lowest BCUT2D eigenvalue weighted by Crippen LogP contribution is -2.18. The van der Waals surface area contributed by atoms with Gasteiger partial charge in [-0.3, -0.25) is 4.79 Å². The van der Waals surface area contributed by atoms with Gasteiger partial charge in [-0.25, -0.2) is 13.6 Å². The van der Waals surface area contributed by atoms with Gasteiger partial charge in [-0.1, -0.05) is 6.07 Å². The molecule has 0 bridgehead atoms. The SMILES string of the molecule is NS(=O)(=O)c1cccc(C(F)(F)F)c1C=O. The van der Waals surface area contributed by atoms with E-state index in [0.29, 0.717) is 6.07 Å². The maximum absolute atomic E-state index is 12.4. The molecule has 0 heterocycles. The third-order valence-electron chi connectivity index (χ3n) is 1.80. The van der Waals surface area contributed by atoms with Gasteiger partial charge in [0.15, 0.2) is 6.29 Å². The second-order valence-corrected chi connectivity index (χ2v) is 4.41. The molecule has 1 rings (SSSR count). The Bertz CT molecular complexity index is 522. The van der Waals surface area contributed by atoms with Crippen LogP contribution in [0.5, 0.6) is 0 Å². The van der Waals surface area contributed by atoms with Gasteiger partial charge < -0.3 is 0 Å². The van der Waals surface area contributed by atoms with Crippen molar-refractivity contribution in [1.82, 2.24) is 0 Å². The van der Waals surface area contributed by atoms with Crippen LogP contribution in [0.1, 0.15) is 15.9 Å². The van der Waals surface area contributed by atoms with Crippen molar-refractivity contribution in [2.24, 2.45) is 5.14 Å². The van der Waals surface area contributed by atoms with E-state index in [9.17, 15) is 26.4 Å². The molecule has 0 unspecified atom stereocenters. The average molecular weight is 253 g/mol. The number of primary sulfonamides is 1. The predicted molar refractivity (Wildman–Crippen MR) is 48.2 cm³/mol. The Morgan fingerprint density at radius 1 is 1.25 bits per heavy atom. The largest absolute Gasteiger partial charge is 0.417 e. The lowest BCUT2D eigenvalue weighted by atomic mass is 10.1. The highest BCUT2D eigenvalue weighted by Gasteiger charge is 2.35. The van der Waals surface area contributed by atoms with Crippen molar-refractivity contribution in [1.29, 1.82) is 0 Å². The molecule has 1 aromatic carbocycles. The first kappa shape index (κ1) is 12.7. The van der Waals surface area contributed by atoms with Crippen LogP contribution in [0.2, 0.25) is 0 Å². The first-order valence-electron chi connectivity index (χ1n) is 3.86. The minimum Gasteiger partial charge on any atom is -0.298 e. The molecule has 0 radical (unpaired) electrons. The average Bonchev–Trinajstić information content (AvgIpc) is 2.13. The van der Waals surface area contributed by atoms with Gasteiger partial charge in [-0.2, -0.15) is 13.2 Å². The first-order valence-corrected chi connectivity index (χ1v) is 5.40. The number of alkyl halides is 3. The van der Waals surface area contributed by atoms with E-state index in [4.69, 9.17) is 5.14 Å². The molecule has 2 N–H and O–H groups in total. The number of aldehydes is 1. The Morgan fingerprint density at radius 2 is 1.81 bits per heavy atom. The van der Waals surface area contributed by atoms with E-state index in [1.807, 2.05) is 0 Å². The summed E-state index contributed by atoms with van der Waals surface area (Å²) in [6.07, 6.45) is -4.99. The Hall–Kier alpha value is -1.41. The summed E-state index contributed by atoms with van der Waals surface area (Å²) in [6, 6.07) is 2.32. The van der Waals surface area contributed by atoms with Gasteiger partial charge >= 0.3 is 6.18 Å². The maximum atomic E-state index is 12.4. The number of carbonyl (C=O) groups is 1. The van der Waals surface area contributed by atoms with Crippen molar-refractivity contribution in [2.75, 3.05) is 0 Å². The Morgan fingerprint density at radius 3 is 2.19 bits per heavy atom. The summed E-state index contributed by atoms with van der Waals surface area (Å²) >= 11 is 0. The highest BCUT2D eigenvalue weighted by atomic mass is 32.2. The van der Waals surface area contributed by atoms with Crippen molar-refractivity contribution < 1.29 is 26.4 Å². The van der Waals surface area contributed by atoms with Crippen LogP contribution < -0.4 is 5.14 Å². The van der Waals surface area contributed by atoms with Crippen molar-refractivity contribution in [3.8, 4) is 0 Å². The van der Waals surface area contributed by atoms with Crippen LogP contribution in [0.25, 0.3) is 0 Å². The molecule has 0 saturated heterocycles. The molecule has 0 aliphatic carbocycles. The van der Waals surface area contributed by atoms with Gasteiger partial charge in [0.1, 0.15) is 0 Å². The minimum absolute atomic E-state index is 0.178. The lowest BCUT2D eigenvalue weighted by molar-refractivity contribution is -0.138. The molecule has 0 atom stereocenters. The molecule has 88 valence electrons. The fourth-order valence-electron chi connectivity index (χ4n) is 1.16. The zero-order valence-electron chi connectivity index (χ0n) is 7.65. The molecule has 0 spiro atoms. The number of halogens is 3. The summed E-state index contributed by atoms with van der Waals surface area (Å²) in [5.74, 6) is 0. The number of nitrogens with two attached hydrogens (primary N) is 1. The van der Waals surface area contributed by atoms with Crippen molar-refractivity contribution in [2.45, 2.75) is 11.1 Å². The topological polar surface area (TPSA) is 77.2 Å². The van der Waals surface area contributed by atoms with Crippen LogP contribution in [0, 0.1) is 0 Å². The summed E-state index contributed by atoms with van der Waals surface area (Å²) in [5, 5.41) is 4.69. The number of rotatable bonds is 2. The number of benzene rings is 1. The highest BCUT2D eigenvalue weighted by molar-refractivity contribution is 7.89. The van der Waals surface area contributed by atoms with E-state index in [2.05, 4.69) is 0 Å². The summed E-state index contributed by atoms with van der Waals surface area (Å²) in [5.41, 5.74) is -2.30. The van der Waals surface area contributed by atoms with Gasteiger partial charge in [0.25, 0.3) is 0 Å². The molecule has 0 saturated carbocycles. The summed E-state index contributed by atoms with van der Waals surface area (Å²) in [6.45, 7) is 0. The quantitative estimate of drug-likeness (QED) is 0.803. The molecule has 0 fully saturated rings. The Labute approximate surface area is 88.9 Å². The van der Waals surface area contributed by atoms with E-state index in [0.717, 1.165) is 12.1 Å². The normalized spacial score (nSPS) is 12.5. The van der Waals surface area contributed by atoms with Crippen LogP contribution in [-0.4, -0.2) is 14.7 Å². The van der Waals surface area contributed by atoms with Gasteiger partial charge in [0.05, 0.1) is 10.5 Å². The molecule has 16 heavy (non-hydrogen) atoms. The number of hydrogen-bond donors (Lipinski definition) is 1. The van der Waals surface area contributed by atoms with E-state index in [1.165, 1.54) is 0 Å². The monoisotopic (exact) mass is 253 g/mol. The van der Waals surface area contributed by atoms with Crippen LogP contribution in [0.3, 0.4) is 0 Å². The first-order chi connectivity index (χ1) is 7.18. The molecule has 4 nitrogen and oxygen atoms in total. The van der Waals surface area contributed by atoms with Crippen LogP contribution >= 0.6 is 0 Å².